The highest BCUT2D eigenvalue weighted by Crippen LogP contribution is 2.25. The fraction of sp³-hybridized carbons (Fsp3) is 0.933. The second-order valence-electron chi connectivity index (χ2n) is 7.00. The second-order valence-corrected chi connectivity index (χ2v) is 7.00. The SMILES string of the molecule is CC(CCN1CCN2CCCC2C1)(NC1CC1)C(N)=O. The highest BCUT2D eigenvalue weighted by Gasteiger charge is 2.38. The minimum atomic E-state index is -0.534. The van der Waals surface area contributed by atoms with Gasteiger partial charge in [0.15, 0.2) is 0 Å². The van der Waals surface area contributed by atoms with Gasteiger partial charge in [0, 0.05) is 38.3 Å². The number of carbonyl (C=O) groups is 1. The molecule has 1 amide bonds. The molecule has 1 saturated carbocycles. The van der Waals surface area contributed by atoms with Crippen LogP contribution in [0.1, 0.15) is 39.0 Å². The first-order valence-corrected chi connectivity index (χ1v) is 8.11. The molecule has 20 heavy (non-hydrogen) atoms. The molecule has 3 N–H and O–H groups in total. The fourth-order valence-corrected chi connectivity index (χ4v) is 3.58. The van der Waals surface area contributed by atoms with Crippen LogP contribution in [0.15, 0.2) is 0 Å². The maximum atomic E-state index is 11.8. The highest BCUT2D eigenvalue weighted by atomic mass is 16.1. The molecule has 3 fully saturated rings. The number of nitrogens with two attached hydrogens (primary N) is 1. The molecule has 3 aliphatic rings. The smallest absolute Gasteiger partial charge is 0.237 e. The largest absolute Gasteiger partial charge is 0.368 e. The van der Waals surface area contributed by atoms with Gasteiger partial charge in [-0.25, -0.2) is 0 Å². The van der Waals surface area contributed by atoms with Crippen LogP contribution in [0, 0.1) is 0 Å². The quantitative estimate of drug-likeness (QED) is 0.727. The Hall–Kier alpha value is -0.650. The number of fused-ring (bicyclic) bond motifs is 1. The molecule has 0 aromatic heterocycles. The maximum absolute atomic E-state index is 11.8. The first-order chi connectivity index (χ1) is 9.57. The monoisotopic (exact) mass is 280 g/mol. The van der Waals surface area contributed by atoms with Crippen molar-refractivity contribution < 1.29 is 4.79 Å². The predicted octanol–water partition coefficient (Wildman–Crippen LogP) is 0.153. The van der Waals surface area contributed by atoms with Gasteiger partial charge in [-0.2, -0.15) is 0 Å². The van der Waals surface area contributed by atoms with E-state index in [1.54, 1.807) is 0 Å². The lowest BCUT2D eigenvalue weighted by atomic mass is 9.96. The van der Waals surface area contributed by atoms with Crippen LogP contribution in [0.5, 0.6) is 0 Å². The van der Waals surface area contributed by atoms with Crippen LogP contribution in [-0.4, -0.2) is 66.1 Å². The summed E-state index contributed by atoms with van der Waals surface area (Å²) in [5.74, 6) is -0.205. The van der Waals surface area contributed by atoms with Crippen molar-refractivity contribution in [1.29, 1.82) is 0 Å². The molecule has 3 rings (SSSR count). The molecule has 2 aliphatic heterocycles. The maximum Gasteiger partial charge on any atom is 0.237 e. The molecule has 114 valence electrons. The molecule has 0 aromatic rings. The number of rotatable bonds is 6. The number of piperazine rings is 1. The lowest BCUT2D eigenvalue weighted by molar-refractivity contribution is -0.124. The minimum absolute atomic E-state index is 0.205. The summed E-state index contributed by atoms with van der Waals surface area (Å²) >= 11 is 0. The van der Waals surface area contributed by atoms with Gasteiger partial charge in [-0.3, -0.25) is 9.69 Å². The molecular formula is C15H28N4O. The van der Waals surface area contributed by atoms with E-state index in [0.29, 0.717) is 6.04 Å². The van der Waals surface area contributed by atoms with Crippen LogP contribution in [-0.2, 0) is 4.79 Å². The van der Waals surface area contributed by atoms with E-state index >= 15 is 0 Å². The van der Waals surface area contributed by atoms with Crippen LogP contribution in [0.25, 0.3) is 0 Å². The number of nitrogens with one attached hydrogen (secondary N) is 1. The van der Waals surface area contributed by atoms with Gasteiger partial charge in [-0.1, -0.05) is 0 Å². The molecule has 5 nitrogen and oxygen atoms in total. The zero-order valence-electron chi connectivity index (χ0n) is 12.6. The first kappa shape index (κ1) is 14.3. The van der Waals surface area contributed by atoms with E-state index in [1.807, 2.05) is 6.92 Å². The summed E-state index contributed by atoms with van der Waals surface area (Å²) in [5.41, 5.74) is 5.09. The Bertz CT molecular complexity index is 371. The van der Waals surface area contributed by atoms with Gasteiger partial charge in [0.05, 0.1) is 5.54 Å². The van der Waals surface area contributed by atoms with E-state index in [2.05, 4.69) is 15.1 Å². The Balaban J connectivity index is 1.50. The van der Waals surface area contributed by atoms with Crippen LogP contribution < -0.4 is 11.1 Å². The number of hydrogen-bond donors (Lipinski definition) is 2. The number of amides is 1. The zero-order valence-corrected chi connectivity index (χ0v) is 12.6. The second kappa shape index (κ2) is 5.62. The summed E-state index contributed by atoms with van der Waals surface area (Å²) in [6.07, 6.45) is 5.88. The number of carbonyl (C=O) groups excluding carboxylic acids is 1. The summed E-state index contributed by atoms with van der Waals surface area (Å²) in [6.45, 7) is 7.71. The highest BCUT2D eigenvalue weighted by molar-refractivity contribution is 5.84. The van der Waals surface area contributed by atoms with Gasteiger partial charge in [0.25, 0.3) is 0 Å². The van der Waals surface area contributed by atoms with Crippen molar-refractivity contribution in [2.45, 2.75) is 56.7 Å². The summed E-state index contributed by atoms with van der Waals surface area (Å²) in [6, 6.07) is 1.26. The van der Waals surface area contributed by atoms with Crippen molar-refractivity contribution in [1.82, 2.24) is 15.1 Å². The van der Waals surface area contributed by atoms with E-state index in [9.17, 15) is 4.79 Å². The average Bonchev–Trinajstić information content (AvgIpc) is 3.10. The molecule has 0 spiro atoms. The molecular weight excluding hydrogens is 252 g/mol. The third kappa shape index (κ3) is 3.15. The third-order valence-corrected chi connectivity index (χ3v) is 5.24. The lowest BCUT2D eigenvalue weighted by Crippen LogP contribution is -2.57. The summed E-state index contributed by atoms with van der Waals surface area (Å²) in [5, 5.41) is 3.44. The Morgan fingerprint density at radius 2 is 2.10 bits per heavy atom. The molecule has 5 heteroatoms. The molecule has 2 unspecified atom stereocenters. The topological polar surface area (TPSA) is 61.6 Å². The Morgan fingerprint density at radius 1 is 1.30 bits per heavy atom. The van der Waals surface area contributed by atoms with E-state index in [-0.39, 0.29) is 5.91 Å². The Labute approximate surface area is 121 Å². The summed E-state index contributed by atoms with van der Waals surface area (Å²) in [4.78, 5) is 16.9. The fourth-order valence-electron chi connectivity index (χ4n) is 3.58. The number of hydrogen-bond acceptors (Lipinski definition) is 4. The molecule has 0 bridgehead atoms. The average molecular weight is 280 g/mol. The lowest BCUT2D eigenvalue weighted by Gasteiger charge is -2.39. The van der Waals surface area contributed by atoms with Gasteiger partial charge in [-0.05, 0) is 45.6 Å². The number of nitrogens with zero attached hydrogens (tertiary/aromatic N) is 2. The van der Waals surface area contributed by atoms with Crippen LogP contribution in [0.2, 0.25) is 0 Å². The van der Waals surface area contributed by atoms with Crippen molar-refractivity contribution in [2.75, 3.05) is 32.7 Å². The summed E-state index contributed by atoms with van der Waals surface area (Å²) in [7, 11) is 0. The molecule has 2 atom stereocenters. The van der Waals surface area contributed by atoms with Crippen molar-refractivity contribution in [3.63, 3.8) is 0 Å². The van der Waals surface area contributed by atoms with Gasteiger partial charge in [0.1, 0.15) is 0 Å². The Kier molecular flexibility index (Phi) is 4.02. The molecule has 2 heterocycles. The van der Waals surface area contributed by atoms with Crippen molar-refractivity contribution in [2.24, 2.45) is 5.73 Å². The number of primary amides is 1. The molecule has 0 aromatic carbocycles. The van der Waals surface area contributed by atoms with E-state index in [1.165, 1.54) is 38.8 Å². The third-order valence-electron chi connectivity index (χ3n) is 5.24. The van der Waals surface area contributed by atoms with Crippen molar-refractivity contribution in [3.05, 3.63) is 0 Å². The normalized spacial score (nSPS) is 30.9. The van der Waals surface area contributed by atoms with Gasteiger partial charge < -0.3 is 16.0 Å². The van der Waals surface area contributed by atoms with Crippen LogP contribution >= 0.6 is 0 Å². The standard InChI is InChI=1S/C15H28N4O/c1-15(14(16)20,17-12-4-5-12)6-8-18-9-10-19-7-2-3-13(19)11-18/h12-13,17H,2-11H2,1H3,(H2,16,20). The van der Waals surface area contributed by atoms with E-state index in [0.717, 1.165) is 32.1 Å². The summed E-state index contributed by atoms with van der Waals surface area (Å²) < 4.78 is 0. The minimum Gasteiger partial charge on any atom is -0.368 e. The Morgan fingerprint density at radius 3 is 2.80 bits per heavy atom. The molecule has 0 radical (unpaired) electrons. The first-order valence-electron chi connectivity index (χ1n) is 8.11. The van der Waals surface area contributed by atoms with Gasteiger partial charge in [0.2, 0.25) is 5.91 Å². The van der Waals surface area contributed by atoms with Gasteiger partial charge in [-0.15, -0.1) is 0 Å². The van der Waals surface area contributed by atoms with E-state index < -0.39 is 5.54 Å². The molecule has 1 aliphatic carbocycles. The molecule has 2 saturated heterocycles. The predicted molar refractivity (Wildman–Crippen MR) is 79.4 cm³/mol. The van der Waals surface area contributed by atoms with Crippen LogP contribution in [0.3, 0.4) is 0 Å². The van der Waals surface area contributed by atoms with E-state index in [4.69, 9.17) is 5.73 Å². The van der Waals surface area contributed by atoms with Crippen LogP contribution in [0.4, 0.5) is 0 Å². The zero-order chi connectivity index (χ0) is 14.2. The van der Waals surface area contributed by atoms with Crippen molar-refractivity contribution in [3.8, 4) is 0 Å². The van der Waals surface area contributed by atoms with Gasteiger partial charge >= 0.3 is 0 Å². The van der Waals surface area contributed by atoms with Crippen molar-refractivity contribution >= 4 is 5.91 Å².